The molecule has 0 aromatic heterocycles. The van der Waals surface area contributed by atoms with E-state index in [-0.39, 0.29) is 5.96 Å². The van der Waals surface area contributed by atoms with Crippen molar-refractivity contribution < 1.29 is 34.8 Å². The molecule has 23 heavy (non-hydrogen) atoms. The molecule has 1 amide bonds. The molecule has 11 heteroatoms. The summed E-state index contributed by atoms with van der Waals surface area (Å²) in [6, 6.07) is -2.11. The summed E-state index contributed by atoms with van der Waals surface area (Å²) in [5.41, 5.74) is 10.6. The number of carbonyl (C=O) groups is 2. The molecule has 1 aliphatic heterocycles. The molecule has 1 heterocycles. The van der Waals surface area contributed by atoms with E-state index in [4.69, 9.17) is 26.4 Å². The van der Waals surface area contributed by atoms with Crippen molar-refractivity contribution in [2.45, 2.75) is 37.3 Å². The maximum absolute atomic E-state index is 11.4. The quantitative estimate of drug-likeness (QED) is 0.188. The Hall–Kier alpha value is -2.37. The van der Waals surface area contributed by atoms with Crippen molar-refractivity contribution in [2.24, 2.45) is 16.5 Å². The lowest BCUT2D eigenvalue weighted by atomic mass is 9.92. The molecule has 9 N–H and O–H groups in total. The predicted molar refractivity (Wildman–Crippen MR) is 76.9 cm³/mol. The molecule has 1 unspecified atom stereocenters. The number of hydrogen-bond donors (Lipinski definition) is 7. The van der Waals surface area contributed by atoms with Crippen LogP contribution in [0.15, 0.2) is 16.8 Å². The van der Waals surface area contributed by atoms with Gasteiger partial charge in [0.1, 0.15) is 18.3 Å². The second-order valence-electron chi connectivity index (χ2n) is 4.93. The standard InChI is InChI=1S/C12H20N4O7/c1-4(18)15-8-5(16-12(13)14)2-7(11(21)22)23-10(8)9(20)6(19)3-17/h2,5-6,8-10,17,19-20H,3H2,1H3,(H,15,18)(H,21,22)(H4,13,14,16)/t5-,6+,8?,9+,10+/m0/s1. The van der Waals surface area contributed by atoms with Gasteiger partial charge < -0.3 is 41.9 Å². The Balaban J connectivity index is 3.28. The van der Waals surface area contributed by atoms with Crippen molar-refractivity contribution in [2.75, 3.05) is 6.61 Å². The van der Waals surface area contributed by atoms with Crippen LogP contribution in [-0.2, 0) is 14.3 Å². The summed E-state index contributed by atoms with van der Waals surface area (Å²) in [5, 5.41) is 40.1. The number of nitrogens with two attached hydrogens (primary N) is 2. The van der Waals surface area contributed by atoms with Gasteiger partial charge in [-0.2, -0.15) is 0 Å². The largest absolute Gasteiger partial charge is 0.478 e. The van der Waals surface area contributed by atoms with Gasteiger partial charge in [-0.15, -0.1) is 0 Å². The third-order valence-corrected chi connectivity index (χ3v) is 3.10. The number of ether oxygens (including phenoxy) is 1. The molecule has 0 aromatic rings. The molecule has 0 spiro atoms. The Labute approximate surface area is 131 Å². The molecule has 1 rings (SSSR count). The predicted octanol–water partition coefficient (Wildman–Crippen LogP) is -3.79. The smallest absolute Gasteiger partial charge is 0.370 e. The van der Waals surface area contributed by atoms with Gasteiger partial charge in [0, 0.05) is 6.92 Å². The molecule has 11 nitrogen and oxygen atoms in total. The molecule has 0 saturated carbocycles. The number of nitrogens with zero attached hydrogens (tertiary/aromatic N) is 1. The summed E-state index contributed by atoms with van der Waals surface area (Å²) in [7, 11) is 0. The third kappa shape index (κ3) is 4.81. The summed E-state index contributed by atoms with van der Waals surface area (Å²) >= 11 is 0. The van der Waals surface area contributed by atoms with Gasteiger partial charge in [0.25, 0.3) is 0 Å². The van der Waals surface area contributed by atoms with E-state index in [1.54, 1.807) is 0 Å². The van der Waals surface area contributed by atoms with Crippen molar-refractivity contribution in [1.82, 2.24) is 5.32 Å². The van der Waals surface area contributed by atoms with Crippen LogP contribution in [0, 0.1) is 0 Å². The Kier molecular flexibility index (Phi) is 6.30. The van der Waals surface area contributed by atoms with Crippen LogP contribution in [0.4, 0.5) is 0 Å². The molecule has 0 fully saturated rings. The highest BCUT2D eigenvalue weighted by Gasteiger charge is 2.43. The fourth-order valence-corrected chi connectivity index (χ4v) is 2.14. The zero-order valence-electron chi connectivity index (χ0n) is 12.3. The first kappa shape index (κ1) is 18.7. The third-order valence-electron chi connectivity index (χ3n) is 3.10. The number of aliphatic hydroxyl groups excluding tert-OH is 3. The fraction of sp³-hybridized carbons (Fsp3) is 0.583. The van der Waals surface area contributed by atoms with Crippen molar-refractivity contribution in [1.29, 1.82) is 0 Å². The monoisotopic (exact) mass is 332 g/mol. The van der Waals surface area contributed by atoms with E-state index in [0.29, 0.717) is 0 Å². The zero-order chi connectivity index (χ0) is 17.7. The molecule has 0 saturated heterocycles. The maximum atomic E-state index is 11.4. The van der Waals surface area contributed by atoms with Crippen LogP contribution in [0.2, 0.25) is 0 Å². The Morgan fingerprint density at radius 2 is 2.04 bits per heavy atom. The molecule has 0 aromatic carbocycles. The topological polar surface area (TPSA) is 201 Å². The van der Waals surface area contributed by atoms with Crippen molar-refractivity contribution >= 4 is 17.8 Å². The summed E-state index contributed by atoms with van der Waals surface area (Å²) in [6.07, 6.45) is -3.65. The Bertz CT molecular complexity index is 518. The van der Waals surface area contributed by atoms with Gasteiger partial charge in [-0.25, -0.2) is 9.79 Å². The van der Waals surface area contributed by atoms with Gasteiger partial charge in [-0.1, -0.05) is 0 Å². The summed E-state index contributed by atoms with van der Waals surface area (Å²) in [5.74, 6) is -2.89. The number of guanidine groups is 1. The first-order valence-electron chi connectivity index (χ1n) is 6.62. The normalized spacial score (nSPS) is 26.3. The Morgan fingerprint density at radius 1 is 1.43 bits per heavy atom. The Morgan fingerprint density at radius 3 is 2.48 bits per heavy atom. The number of hydrogen-bond acceptors (Lipinski definition) is 7. The highest BCUT2D eigenvalue weighted by molar-refractivity contribution is 5.85. The number of nitrogens with one attached hydrogen (secondary N) is 1. The molecule has 130 valence electrons. The zero-order valence-corrected chi connectivity index (χ0v) is 12.3. The first-order chi connectivity index (χ1) is 10.7. The van der Waals surface area contributed by atoms with Crippen molar-refractivity contribution in [3.05, 3.63) is 11.8 Å². The minimum atomic E-state index is -1.70. The lowest BCUT2D eigenvalue weighted by Crippen LogP contribution is -2.59. The maximum Gasteiger partial charge on any atom is 0.370 e. The second kappa shape index (κ2) is 7.76. The average Bonchev–Trinajstić information content (AvgIpc) is 2.45. The molecule has 0 bridgehead atoms. The van der Waals surface area contributed by atoms with E-state index in [2.05, 4.69) is 10.3 Å². The summed E-state index contributed by atoms with van der Waals surface area (Å²) in [6.45, 7) is 0.391. The minimum absolute atomic E-state index is 0.371. The van der Waals surface area contributed by atoms with Crippen molar-refractivity contribution in [3.8, 4) is 0 Å². The van der Waals surface area contributed by atoms with Gasteiger partial charge in [0.2, 0.25) is 11.7 Å². The number of aliphatic carboxylic acids is 1. The van der Waals surface area contributed by atoms with Crippen LogP contribution < -0.4 is 16.8 Å². The van der Waals surface area contributed by atoms with E-state index in [0.717, 1.165) is 6.08 Å². The summed E-state index contributed by atoms with van der Waals surface area (Å²) in [4.78, 5) is 26.3. The minimum Gasteiger partial charge on any atom is -0.478 e. The molecule has 1 aliphatic rings. The first-order valence-corrected chi connectivity index (χ1v) is 6.62. The van der Waals surface area contributed by atoms with Crippen molar-refractivity contribution in [3.63, 3.8) is 0 Å². The number of amides is 1. The number of aliphatic hydroxyl groups is 3. The van der Waals surface area contributed by atoms with E-state index in [1.807, 2.05) is 0 Å². The molecule has 5 atom stereocenters. The molecular formula is C12H20N4O7. The van der Waals surface area contributed by atoms with Crippen LogP contribution in [-0.4, -0.2) is 75.3 Å². The fourth-order valence-electron chi connectivity index (χ4n) is 2.14. The number of carbonyl (C=O) groups excluding carboxylic acids is 1. The number of rotatable bonds is 6. The van der Waals surface area contributed by atoms with E-state index < -0.39 is 54.6 Å². The van der Waals surface area contributed by atoms with E-state index >= 15 is 0 Å². The highest BCUT2D eigenvalue weighted by Crippen LogP contribution is 2.24. The van der Waals surface area contributed by atoms with Gasteiger partial charge in [0.05, 0.1) is 18.7 Å². The molecule has 0 radical (unpaired) electrons. The highest BCUT2D eigenvalue weighted by atomic mass is 16.5. The lowest BCUT2D eigenvalue weighted by Gasteiger charge is -2.38. The van der Waals surface area contributed by atoms with E-state index in [9.17, 15) is 19.8 Å². The number of carboxylic acid groups (broad SMARTS) is 1. The van der Waals surface area contributed by atoms with Crippen LogP contribution >= 0.6 is 0 Å². The average molecular weight is 332 g/mol. The van der Waals surface area contributed by atoms with Crippen LogP contribution in [0.3, 0.4) is 0 Å². The molecule has 0 aliphatic carbocycles. The van der Waals surface area contributed by atoms with Gasteiger partial charge >= 0.3 is 5.97 Å². The van der Waals surface area contributed by atoms with E-state index in [1.165, 1.54) is 6.92 Å². The second-order valence-corrected chi connectivity index (χ2v) is 4.93. The number of aliphatic imine (C=N–C) groups is 1. The number of carboxylic acids is 1. The van der Waals surface area contributed by atoms with Crippen LogP contribution in [0.25, 0.3) is 0 Å². The lowest BCUT2D eigenvalue weighted by molar-refractivity contribution is -0.145. The van der Waals surface area contributed by atoms with Gasteiger partial charge in [0.15, 0.2) is 5.96 Å². The van der Waals surface area contributed by atoms with Crippen LogP contribution in [0.1, 0.15) is 6.92 Å². The van der Waals surface area contributed by atoms with Gasteiger partial charge in [-0.3, -0.25) is 4.79 Å². The van der Waals surface area contributed by atoms with Crippen LogP contribution in [0.5, 0.6) is 0 Å². The van der Waals surface area contributed by atoms with Gasteiger partial charge in [-0.05, 0) is 6.08 Å². The SMILES string of the molecule is CC(=O)NC1[C@@H](N=C(N)N)C=C(C(=O)O)O[C@H]1[C@H](O)[C@H](O)CO. The summed E-state index contributed by atoms with van der Waals surface area (Å²) < 4.78 is 5.13. The molecular weight excluding hydrogens is 312 g/mol.